The van der Waals surface area contributed by atoms with Crippen molar-refractivity contribution in [2.75, 3.05) is 0 Å². The molecule has 0 aliphatic rings. The number of hydrogen-bond acceptors (Lipinski definition) is 3. The predicted octanol–water partition coefficient (Wildman–Crippen LogP) is 14.4. The van der Waals surface area contributed by atoms with Crippen LogP contribution in [0, 0.1) is 24.4 Å². The average molecular weight is 963 g/mol. The summed E-state index contributed by atoms with van der Waals surface area (Å²) in [7, 11) is -1.68. The molecule has 57 heavy (non-hydrogen) atoms. The van der Waals surface area contributed by atoms with E-state index in [1.807, 2.05) is 101 Å². The molecule has 8 aromatic rings. The summed E-state index contributed by atoms with van der Waals surface area (Å²) in [5.41, 5.74) is 8.41. The molecule has 8 rings (SSSR count). The Kier molecular flexibility index (Phi) is 10.6. The first-order chi connectivity index (χ1) is 29.0. The molecular formula is C52H52IrN2SSi-2. The standard InChI is InChI=1S/C28H24NS.C24H28NSi.Ir/c1-28(2,3)18-19-14-15-29-25(16-19)23-11-7-10-22-24-17-21(20-8-5-4-6-9-20)12-13-26(24)30-27(22)23;1-17(2)21-15-23(25-16-24(21)26(4,5)6)20-13-12-18(3)22(14-20)19-10-8-7-9-11-19;/h4-10,12-17H,18H2,1-3H3;7-12,14-17H,1-6H3;/q2*-1;/i18D2;3D3,17D;. The van der Waals surface area contributed by atoms with E-state index in [0.29, 0.717) is 16.8 Å². The molecule has 0 amide bonds. The normalized spacial score (nSPS) is 13.9. The van der Waals surface area contributed by atoms with Gasteiger partial charge >= 0.3 is 0 Å². The molecule has 1 radical (unpaired) electrons. The summed E-state index contributed by atoms with van der Waals surface area (Å²) in [6.45, 7) is 14.1. The van der Waals surface area contributed by atoms with E-state index in [1.165, 1.54) is 31.8 Å². The number of pyridine rings is 2. The Bertz CT molecular complexity index is 2880. The molecule has 0 fully saturated rings. The van der Waals surface area contributed by atoms with Gasteiger partial charge in [0.15, 0.2) is 0 Å². The number of fused-ring (bicyclic) bond motifs is 3. The fraction of sp³-hybridized carbons (Fsp3) is 0.231. The Labute approximate surface area is 367 Å². The van der Waals surface area contributed by atoms with Crippen LogP contribution in [0.1, 0.15) is 65.4 Å². The van der Waals surface area contributed by atoms with E-state index in [4.69, 9.17) is 13.2 Å². The van der Waals surface area contributed by atoms with Crippen LogP contribution >= 0.6 is 11.3 Å². The molecule has 3 aromatic heterocycles. The Morgan fingerprint density at radius 2 is 1.51 bits per heavy atom. The van der Waals surface area contributed by atoms with Gasteiger partial charge in [0.1, 0.15) is 0 Å². The SMILES string of the molecule is [2H]C([2H])([2H])c1c[c-]c(-c2cc(C([2H])(C)C)c([Si](C)(C)C)cn2)cc1-c1ccccc1.[2H]C([2H])(c1ccnc(-c2[c-]ccc3c2sc2ccc(-c4ccccc4)cc23)c1)C(C)(C)C.[Ir]. The third kappa shape index (κ3) is 9.79. The summed E-state index contributed by atoms with van der Waals surface area (Å²) in [6.07, 6.45) is 2.14. The van der Waals surface area contributed by atoms with Crippen LogP contribution in [0.25, 0.3) is 64.9 Å². The number of aryl methyl sites for hydroxylation is 1. The van der Waals surface area contributed by atoms with Gasteiger partial charge in [0.25, 0.3) is 0 Å². The maximum absolute atomic E-state index is 8.67. The largest absolute Gasteiger partial charge is 0.305 e. The van der Waals surface area contributed by atoms with Crippen LogP contribution < -0.4 is 5.19 Å². The molecule has 0 saturated carbocycles. The van der Waals surface area contributed by atoms with Crippen molar-refractivity contribution in [3.8, 4) is 44.8 Å². The van der Waals surface area contributed by atoms with Gasteiger partial charge in [0.2, 0.25) is 0 Å². The fourth-order valence-corrected chi connectivity index (χ4v) is 9.70. The van der Waals surface area contributed by atoms with Crippen LogP contribution in [0.5, 0.6) is 0 Å². The topological polar surface area (TPSA) is 25.8 Å². The molecule has 0 aliphatic carbocycles. The molecule has 0 aliphatic heterocycles. The molecule has 291 valence electrons. The van der Waals surface area contributed by atoms with Gasteiger partial charge in [-0.25, -0.2) is 0 Å². The summed E-state index contributed by atoms with van der Waals surface area (Å²) in [6, 6.07) is 46.2. The maximum atomic E-state index is 8.67. The van der Waals surface area contributed by atoms with E-state index in [2.05, 4.69) is 85.3 Å². The van der Waals surface area contributed by atoms with Crippen LogP contribution in [0.2, 0.25) is 19.6 Å². The van der Waals surface area contributed by atoms with Crippen molar-refractivity contribution in [2.24, 2.45) is 5.41 Å². The van der Waals surface area contributed by atoms with Gasteiger partial charge in [0.05, 0.1) is 8.07 Å². The van der Waals surface area contributed by atoms with E-state index in [-0.39, 0.29) is 25.7 Å². The zero-order valence-electron chi connectivity index (χ0n) is 39.8. The van der Waals surface area contributed by atoms with Gasteiger partial charge in [-0.1, -0.05) is 162 Å². The molecule has 5 aromatic carbocycles. The second kappa shape index (κ2) is 17.5. The van der Waals surface area contributed by atoms with Crippen molar-refractivity contribution in [3.05, 3.63) is 163 Å². The molecular weight excluding hydrogens is 905 g/mol. The second-order valence-electron chi connectivity index (χ2n) is 16.5. The minimum atomic E-state index is -2.23. The first-order valence-electron chi connectivity index (χ1n) is 22.1. The van der Waals surface area contributed by atoms with Gasteiger partial charge in [-0.05, 0) is 79.2 Å². The summed E-state index contributed by atoms with van der Waals surface area (Å²) in [5.74, 6) is -0.756. The zero-order chi connectivity index (χ0) is 44.8. The van der Waals surface area contributed by atoms with E-state index in [0.717, 1.165) is 32.6 Å². The molecule has 0 atom stereocenters. The molecule has 0 bridgehead atoms. The van der Waals surface area contributed by atoms with E-state index < -0.39 is 32.6 Å². The molecule has 0 spiro atoms. The minimum absolute atomic E-state index is 0. The van der Waals surface area contributed by atoms with Crippen molar-refractivity contribution in [3.63, 3.8) is 0 Å². The molecule has 3 heterocycles. The Morgan fingerprint density at radius 3 is 2.18 bits per heavy atom. The summed E-state index contributed by atoms with van der Waals surface area (Å²) in [5, 5.41) is 3.58. The molecule has 2 nitrogen and oxygen atoms in total. The summed E-state index contributed by atoms with van der Waals surface area (Å²) >= 11 is 1.74. The van der Waals surface area contributed by atoms with Crippen molar-refractivity contribution >= 4 is 44.8 Å². The molecule has 5 heteroatoms. The number of thiophene rings is 1. The summed E-state index contributed by atoms with van der Waals surface area (Å²) in [4.78, 5) is 9.30. The maximum Gasteiger partial charge on any atom is 0.0799 e. The van der Waals surface area contributed by atoms with Crippen molar-refractivity contribution in [1.82, 2.24) is 9.97 Å². The van der Waals surface area contributed by atoms with Crippen molar-refractivity contribution in [2.45, 2.75) is 73.4 Å². The van der Waals surface area contributed by atoms with Crippen LogP contribution in [0.15, 0.2) is 134 Å². The molecule has 0 saturated heterocycles. The minimum Gasteiger partial charge on any atom is -0.305 e. The quantitative estimate of drug-likeness (QED) is 0.117. The number of benzene rings is 5. The van der Waals surface area contributed by atoms with E-state index in [9.17, 15) is 0 Å². The number of rotatable bonds is 7. The monoisotopic (exact) mass is 963 g/mol. The molecule has 0 N–H and O–H groups in total. The van der Waals surface area contributed by atoms with Gasteiger partial charge in [-0.3, -0.25) is 0 Å². The Balaban J connectivity index is 0.000000207. The number of nitrogens with zero attached hydrogens (tertiary/aromatic N) is 2. The first kappa shape index (κ1) is 34.5. The first-order valence-corrected chi connectivity index (χ1v) is 23.4. The average Bonchev–Trinajstić information content (AvgIpc) is 3.61. The number of hydrogen-bond donors (Lipinski definition) is 0. The third-order valence-corrected chi connectivity index (χ3v) is 12.9. The summed E-state index contributed by atoms with van der Waals surface area (Å²) < 4.78 is 52.1. The van der Waals surface area contributed by atoms with Crippen LogP contribution in [-0.4, -0.2) is 18.0 Å². The fourth-order valence-electron chi connectivity index (χ4n) is 6.93. The zero-order valence-corrected chi connectivity index (χ0v) is 38.0. The van der Waals surface area contributed by atoms with E-state index in [1.54, 1.807) is 29.7 Å². The third-order valence-electron chi connectivity index (χ3n) is 9.64. The van der Waals surface area contributed by atoms with Crippen molar-refractivity contribution in [1.29, 1.82) is 0 Å². The van der Waals surface area contributed by atoms with Gasteiger partial charge in [-0.15, -0.1) is 53.1 Å². The Morgan fingerprint density at radius 1 is 0.789 bits per heavy atom. The van der Waals surface area contributed by atoms with Crippen LogP contribution in [-0.2, 0) is 26.5 Å². The van der Waals surface area contributed by atoms with Gasteiger partial charge in [0, 0.05) is 45.4 Å². The molecule has 0 unspecified atom stereocenters. The predicted molar refractivity (Wildman–Crippen MR) is 246 cm³/mol. The van der Waals surface area contributed by atoms with Crippen LogP contribution in [0.3, 0.4) is 0 Å². The number of aromatic nitrogens is 2. The van der Waals surface area contributed by atoms with Gasteiger partial charge < -0.3 is 9.97 Å². The second-order valence-corrected chi connectivity index (χ2v) is 22.6. The Hall–Kier alpha value is -4.51. The van der Waals surface area contributed by atoms with Gasteiger partial charge in [-0.2, -0.15) is 11.3 Å². The smallest absolute Gasteiger partial charge is 0.0799 e. The van der Waals surface area contributed by atoms with E-state index >= 15 is 0 Å². The van der Waals surface area contributed by atoms with Crippen LogP contribution in [0.4, 0.5) is 0 Å². The van der Waals surface area contributed by atoms with Crippen molar-refractivity contribution < 1.29 is 28.3 Å².